The molecular formula is C17H28O3. The number of hydrogen-bond donors (Lipinski definition) is 1. The van der Waals surface area contributed by atoms with Gasteiger partial charge in [-0.25, -0.2) is 0 Å². The Morgan fingerprint density at radius 3 is 2.35 bits per heavy atom. The highest BCUT2D eigenvalue weighted by molar-refractivity contribution is 5.66. The second-order valence-electron chi connectivity index (χ2n) is 5.66. The zero-order valence-electron chi connectivity index (χ0n) is 13.4. The summed E-state index contributed by atoms with van der Waals surface area (Å²) in [4.78, 5) is 11.2. The Morgan fingerprint density at radius 2 is 1.90 bits per heavy atom. The van der Waals surface area contributed by atoms with Gasteiger partial charge in [-0.1, -0.05) is 23.8 Å². The van der Waals surface area contributed by atoms with Crippen LogP contribution in [0, 0.1) is 0 Å². The van der Waals surface area contributed by atoms with Gasteiger partial charge in [-0.15, -0.1) is 6.58 Å². The minimum atomic E-state index is -0.854. The summed E-state index contributed by atoms with van der Waals surface area (Å²) in [6.45, 7) is 12.8. The van der Waals surface area contributed by atoms with Crippen LogP contribution in [0.3, 0.4) is 0 Å². The van der Waals surface area contributed by atoms with E-state index in [1.54, 1.807) is 13.0 Å². The van der Waals surface area contributed by atoms with Gasteiger partial charge in [0.15, 0.2) is 0 Å². The lowest BCUT2D eigenvalue weighted by Gasteiger charge is -2.19. The molecule has 2 atom stereocenters. The molecule has 0 radical (unpaired) electrons. The highest BCUT2D eigenvalue weighted by Gasteiger charge is 2.15. The van der Waals surface area contributed by atoms with Gasteiger partial charge in [-0.2, -0.15) is 0 Å². The first kappa shape index (κ1) is 18.7. The van der Waals surface area contributed by atoms with Crippen molar-refractivity contribution in [2.24, 2.45) is 0 Å². The molecule has 114 valence electrons. The van der Waals surface area contributed by atoms with Gasteiger partial charge in [-0.3, -0.25) is 4.79 Å². The Bertz CT molecular complexity index is 385. The van der Waals surface area contributed by atoms with E-state index in [2.05, 4.69) is 12.7 Å². The van der Waals surface area contributed by atoms with Crippen molar-refractivity contribution in [1.29, 1.82) is 0 Å². The molecule has 0 saturated heterocycles. The highest BCUT2D eigenvalue weighted by Crippen LogP contribution is 2.18. The fourth-order valence-corrected chi connectivity index (χ4v) is 1.70. The van der Waals surface area contributed by atoms with E-state index in [1.165, 1.54) is 12.5 Å². The molecule has 0 rings (SSSR count). The van der Waals surface area contributed by atoms with Crippen molar-refractivity contribution < 1.29 is 14.6 Å². The van der Waals surface area contributed by atoms with Crippen molar-refractivity contribution in [3.05, 3.63) is 36.0 Å². The number of carbonyl (C=O) groups excluding carboxylic acids is 1. The second kappa shape index (κ2) is 8.75. The van der Waals surface area contributed by atoms with Crippen molar-refractivity contribution in [2.45, 2.75) is 65.6 Å². The quantitative estimate of drug-likeness (QED) is 0.541. The van der Waals surface area contributed by atoms with Gasteiger partial charge in [0, 0.05) is 13.3 Å². The van der Waals surface area contributed by atoms with Gasteiger partial charge in [0.25, 0.3) is 0 Å². The van der Waals surface area contributed by atoms with Gasteiger partial charge in [0.1, 0.15) is 6.10 Å². The van der Waals surface area contributed by atoms with Gasteiger partial charge in [0.2, 0.25) is 0 Å². The Balaban J connectivity index is 4.67. The monoisotopic (exact) mass is 280 g/mol. The number of esters is 1. The smallest absolute Gasteiger partial charge is 0.303 e. The summed E-state index contributed by atoms with van der Waals surface area (Å²) >= 11 is 0. The lowest BCUT2D eigenvalue weighted by Crippen LogP contribution is -2.20. The predicted octanol–water partition coefficient (Wildman–Crippen LogP) is 3.94. The fraction of sp³-hybridized carbons (Fsp3) is 0.588. The molecule has 0 bridgehead atoms. The van der Waals surface area contributed by atoms with E-state index in [0.29, 0.717) is 12.8 Å². The lowest BCUT2D eigenvalue weighted by atomic mass is 9.98. The Hall–Kier alpha value is -1.35. The summed E-state index contributed by atoms with van der Waals surface area (Å²) < 4.78 is 5.34. The van der Waals surface area contributed by atoms with Crippen LogP contribution in [0.2, 0.25) is 0 Å². The summed E-state index contributed by atoms with van der Waals surface area (Å²) in [5, 5.41) is 9.85. The van der Waals surface area contributed by atoms with Crippen molar-refractivity contribution in [3.8, 4) is 0 Å². The number of hydrogen-bond acceptors (Lipinski definition) is 3. The lowest BCUT2D eigenvalue weighted by molar-refractivity contribution is -0.144. The molecule has 3 nitrogen and oxygen atoms in total. The summed E-state index contributed by atoms with van der Waals surface area (Å²) in [5.74, 6) is -0.275. The van der Waals surface area contributed by atoms with Crippen molar-refractivity contribution in [2.75, 3.05) is 0 Å². The van der Waals surface area contributed by atoms with Crippen LogP contribution < -0.4 is 0 Å². The highest BCUT2D eigenvalue weighted by atomic mass is 16.5. The van der Waals surface area contributed by atoms with Crippen molar-refractivity contribution >= 4 is 5.97 Å². The van der Waals surface area contributed by atoms with E-state index in [1.807, 2.05) is 26.8 Å². The summed E-state index contributed by atoms with van der Waals surface area (Å²) in [5.41, 5.74) is 1.36. The largest absolute Gasteiger partial charge is 0.458 e. The van der Waals surface area contributed by atoms with Crippen LogP contribution in [0.5, 0.6) is 0 Å². The first-order chi connectivity index (χ1) is 9.18. The van der Waals surface area contributed by atoms with E-state index in [-0.39, 0.29) is 12.1 Å². The molecule has 0 saturated carbocycles. The van der Waals surface area contributed by atoms with Gasteiger partial charge in [-0.05, 0) is 46.1 Å². The van der Waals surface area contributed by atoms with Gasteiger partial charge in [0.05, 0.1) is 5.60 Å². The molecule has 3 heteroatoms. The number of carbonyl (C=O) groups is 1. The summed E-state index contributed by atoms with van der Waals surface area (Å²) in [7, 11) is 0. The summed E-state index contributed by atoms with van der Waals surface area (Å²) in [6, 6.07) is 0. The molecule has 20 heavy (non-hydrogen) atoms. The number of aliphatic hydroxyl groups is 1. The normalized spacial score (nSPS) is 16.0. The molecule has 0 aromatic carbocycles. The van der Waals surface area contributed by atoms with E-state index in [9.17, 15) is 9.90 Å². The average molecular weight is 280 g/mol. The Morgan fingerprint density at radius 1 is 1.30 bits per heavy atom. The van der Waals surface area contributed by atoms with Crippen LogP contribution in [0.15, 0.2) is 36.0 Å². The average Bonchev–Trinajstić information content (AvgIpc) is 2.33. The third-order valence-corrected chi connectivity index (χ3v) is 3.11. The molecule has 0 amide bonds. The molecule has 0 fully saturated rings. The molecule has 0 aromatic heterocycles. The molecule has 1 N–H and O–H groups in total. The van der Waals surface area contributed by atoms with E-state index >= 15 is 0 Å². The fourth-order valence-electron chi connectivity index (χ4n) is 1.70. The number of allylic oxidation sites excluding steroid dienone is 2. The molecule has 0 aromatic rings. The maximum absolute atomic E-state index is 11.2. The molecule has 0 spiro atoms. The van der Waals surface area contributed by atoms with E-state index in [0.717, 1.165) is 12.0 Å². The molecule has 0 aliphatic rings. The molecule has 0 heterocycles. The standard InChI is InChI=1S/C17H28O3/c1-7-17(6,19)12-8-9-14(4)16(20-15(5)18)11-10-13(2)3/h7,9-10,16,19H,1,8,11-12H2,2-6H3/b14-9+/t16-,17-/m1/s1. The van der Waals surface area contributed by atoms with E-state index < -0.39 is 5.60 Å². The van der Waals surface area contributed by atoms with Gasteiger partial charge >= 0.3 is 5.97 Å². The maximum Gasteiger partial charge on any atom is 0.303 e. The van der Waals surface area contributed by atoms with Crippen LogP contribution in [-0.4, -0.2) is 22.8 Å². The van der Waals surface area contributed by atoms with Crippen LogP contribution in [0.1, 0.15) is 53.9 Å². The van der Waals surface area contributed by atoms with E-state index in [4.69, 9.17) is 4.74 Å². The Kier molecular flexibility index (Phi) is 8.16. The topological polar surface area (TPSA) is 46.5 Å². The molecule has 0 aliphatic carbocycles. The number of rotatable bonds is 8. The van der Waals surface area contributed by atoms with Crippen LogP contribution >= 0.6 is 0 Å². The maximum atomic E-state index is 11.2. The van der Waals surface area contributed by atoms with Crippen molar-refractivity contribution in [3.63, 3.8) is 0 Å². The zero-order valence-corrected chi connectivity index (χ0v) is 13.4. The SMILES string of the molecule is C=C[C@@](C)(O)CC/C=C(\C)[C@@H](CC=C(C)C)OC(C)=O. The third kappa shape index (κ3) is 8.70. The predicted molar refractivity (Wildman–Crippen MR) is 83.4 cm³/mol. The second-order valence-corrected chi connectivity index (χ2v) is 5.66. The van der Waals surface area contributed by atoms with Crippen molar-refractivity contribution in [1.82, 2.24) is 0 Å². The third-order valence-electron chi connectivity index (χ3n) is 3.11. The van der Waals surface area contributed by atoms with Gasteiger partial charge < -0.3 is 9.84 Å². The minimum Gasteiger partial charge on any atom is -0.458 e. The molecule has 0 unspecified atom stereocenters. The van der Waals surface area contributed by atoms with Crippen LogP contribution in [-0.2, 0) is 9.53 Å². The zero-order chi connectivity index (χ0) is 15.8. The molecular weight excluding hydrogens is 252 g/mol. The van der Waals surface area contributed by atoms with Crippen LogP contribution in [0.25, 0.3) is 0 Å². The first-order valence-electron chi connectivity index (χ1n) is 7.01. The summed E-state index contributed by atoms with van der Waals surface area (Å²) in [6.07, 6.45) is 7.40. The first-order valence-corrected chi connectivity index (χ1v) is 7.01. The van der Waals surface area contributed by atoms with Crippen LogP contribution in [0.4, 0.5) is 0 Å². The number of ether oxygens (including phenoxy) is 1. The minimum absolute atomic E-state index is 0.226. The Labute approximate surface area is 123 Å². The molecule has 0 aliphatic heterocycles.